The summed E-state index contributed by atoms with van der Waals surface area (Å²) in [5, 5.41) is 13.5. The minimum atomic E-state index is -0.604. The summed E-state index contributed by atoms with van der Waals surface area (Å²) in [5.74, 6) is -0.130. The van der Waals surface area contributed by atoms with E-state index in [2.05, 4.69) is 10.1 Å². The van der Waals surface area contributed by atoms with Crippen LogP contribution in [-0.4, -0.2) is 30.2 Å². The summed E-state index contributed by atoms with van der Waals surface area (Å²) >= 11 is 0. The van der Waals surface area contributed by atoms with E-state index < -0.39 is 5.91 Å². The van der Waals surface area contributed by atoms with Crippen molar-refractivity contribution in [2.45, 2.75) is 6.61 Å². The van der Waals surface area contributed by atoms with E-state index in [1.807, 2.05) is 18.2 Å². The molecule has 7 nitrogen and oxygen atoms in total. The number of hydrogen-bond acceptors (Lipinski definition) is 4. The van der Waals surface area contributed by atoms with E-state index >= 15 is 0 Å². The number of nitrogens with zero attached hydrogens (tertiary/aromatic N) is 4. The standard InChI is InChI=1S/C12H11N5O2/c13-11(19)8-4-6-17(15-8)12-9(7-18)16-5-2-1-3-10(16)14-12/h1-6,18H,7H2,(H2,13,19). The highest BCUT2D eigenvalue weighted by atomic mass is 16.3. The molecule has 0 atom stereocenters. The van der Waals surface area contributed by atoms with Crippen LogP contribution in [0, 0.1) is 0 Å². The lowest BCUT2D eigenvalue weighted by atomic mass is 10.4. The molecule has 0 aliphatic rings. The molecule has 3 rings (SSSR count). The second-order valence-corrected chi connectivity index (χ2v) is 3.98. The number of imidazole rings is 1. The Bertz CT molecular complexity index is 758. The lowest BCUT2D eigenvalue weighted by molar-refractivity contribution is 0.0995. The maximum Gasteiger partial charge on any atom is 0.269 e. The fourth-order valence-electron chi connectivity index (χ4n) is 1.94. The number of aliphatic hydroxyl groups excluding tert-OH is 1. The molecule has 0 radical (unpaired) electrons. The van der Waals surface area contributed by atoms with Gasteiger partial charge in [-0.3, -0.25) is 9.20 Å². The first kappa shape index (κ1) is 11.4. The SMILES string of the molecule is NC(=O)c1ccn(-c2nc3ccccn3c2CO)n1. The Labute approximate surface area is 107 Å². The van der Waals surface area contributed by atoms with E-state index in [4.69, 9.17) is 5.73 Å². The van der Waals surface area contributed by atoms with Crippen molar-refractivity contribution in [2.24, 2.45) is 5.73 Å². The van der Waals surface area contributed by atoms with Crippen molar-refractivity contribution >= 4 is 11.6 Å². The zero-order chi connectivity index (χ0) is 13.4. The van der Waals surface area contributed by atoms with E-state index in [1.165, 1.54) is 10.7 Å². The molecular weight excluding hydrogens is 246 g/mol. The molecule has 1 amide bonds. The molecular formula is C12H11N5O2. The van der Waals surface area contributed by atoms with Crippen LogP contribution in [0.2, 0.25) is 0 Å². The van der Waals surface area contributed by atoms with Crippen LogP contribution in [0.3, 0.4) is 0 Å². The Kier molecular flexibility index (Phi) is 2.53. The summed E-state index contributed by atoms with van der Waals surface area (Å²) in [6, 6.07) is 7.02. The van der Waals surface area contributed by atoms with E-state index in [0.29, 0.717) is 17.2 Å². The molecule has 0 spiro atoms. The third kappa shape index (κ3) is 1.76. The van der Waals surface area contributed by atoms with Crippen molar-refractivity contribution in [2.75, 3.05) is 0 Å². The summed E-state index contributed by atoms with van der Waals surface area (Å²) in [7, 11) is 0. The molecule has 19 heavy (non-hydrogen) atoms. The second-order valence-electron chi connectivity index (χ2n) is 3.98. The number of hydrogen-bond donors (Lipinski definition) is 2. The molecule has 3 aromatic heterocycles. The molecule has 96 valence electrons. The van der Waals surface area contributed by atoms with Crippen molar-refractivity contribution in [1.82, 2.24) is 19.2 Å². The molecule has 3 aromatic rings. The predicted octanol–water partition coefficient (Wildman–Crippen LogP) is 0.111. The van der Waals surface area contributed by atoms with Crippen LogP contribution < -0.4 is 5.73 Å². The number of amides is 1. The number of nitrogens with two attached hydrogens (primary N) is 1. The van der Waals surface area contributed by atoms with Gasteiger partial charge < -0.3 is 10.8 Å². The molecule has 0 saturated carbocycles. The highest BCUT2D eigenvalue weighted by Gasteiger charge is 2.14. The number of pyridine rings is 1. The van der Waals surface area contributed by atoms with Crippen molar-refractivity contribution in [3.8, 4) is 5.82 Å². The summed E-state index contributed by atoms with van der Waals surface area (Å²) in [5.41, 5.74) is 6.60. The molecule has 0 fully saturated rings. The van der Waals surface area contributed by atoms with Gasteiger partial charge in [-0.1, -0.05) is 6.07 Å². The van der Waals surface area contributed by atoms with Crippen molar-refractivity contribution in [3.05, 3.63) is 48.0 Å². The maximum atomic E-state index is 11.0. The molecule has 0 aliphatic heterocycles. The summed E-state index contributed by atoms with van der Waals surface area (Å²) in [6.07, 6.45) is 3.39. The largest absolute Gasteiger partial charge is 0.390 e. The van der Waals surface area contributed by atoms with E-state index in [1.54, 1.807) is 16.8 Å². The minimum absolute atomic E-state index is 0.154. The molecule has 0 bridgehead atoms. The van der Waals surface area contributed by atoms with Crippen LogP contribution in [0.4, 0.5) is 0 Å². The zero-order valence-corrected chi connectivity index (χ0v) is 9.89. The van der Waals surface area contributed by atoms with Gasteiger partial charge in [-0.2, -0.15) is 5.10 Å². The van der Waals surface area contributed by atoms with Gasteiger partial charge in [0.15, 0.2) is 5.82 Å². The molecule has 0 unspecified atom stereocenters. The smallest absolute Gasteiger partial charge is 0.269 e. The fraction of sp³-hybridized carbons (Fsp3) is 0.0833. The number of aromatic nitrogens is 4. The van der Waals surface area contributed by atoms with Crippen LogP contribution in [0.25, 0.3) is 11.5 Å². The highest BCUT2D eigenvalue weighted by molar-refractivity contribution is 5.90. The molecule has 0 aromatic carbocycles. The first-order valence-electron chi connectivity index (χ1n) is 5.63. The third-order valence-electron chi connectivity index (χ3n) is 2.82. The lowest BCUT2D eigenvalue weighted by Crippen LogP contribution is -2.12. The van der Waals surface area contributed by atoms with Crippen molar-refractivity contribution in [1.29, 1.82) is 0 Å². The molecule has 0 aliphatic carbocycles. The Morgan fingerprint density at radius 2 is 2.16 bits per heavy atom. The van der Waals surface area contributed by atoms with Crippen LogP contribution in [0.5, 0.6) is 0 Å². The summed E-state index contributed by atoms with van der Waals surface area (Å²) in [4.78, 5) is 15.4. The van der Waals surface area contributed by atoms with Gasteiger partial charge in [-0.15, -0.1) is 0 Å². The predicted molar refractivity (Wildman–Crippen MR) is 66.8 cm³/mol. The molecule has 3 heterocycles. The van der Waals surface area contributed by atoms with Crippen LogP contribution in [0.15, 0.2) is 36.7 Å². The molecule has 7 heteroatoms. The van der Waals surface area contributed by atoms with Crippen LogP contribution in [0.1, 0.15) is 16.2 Å². The van der Waals surface area contributed by atoms with Gasteiger partial charge in [0.05, 0.1) is 12.3 Å². The van der Waals surface area contributed by atoms with Gasteiger partial charge in [-0.25, -0.2) is 9.67 Å². The Hall–Kier alpha value is -2.67. The second kappa shape index (κ2) is 4.21. The van der Waals surface area contributed by atoms with Gasteiger partial charge in [0.25, 0.3) is 5.91 Å². The monoisotopic (exact) mass is 257 g/mol. The van der Waals surface area contributed by atoms with Crippen LogP contribution in [-0.2, 0) is 6.61 Å². The van der Waals surface area contributed by atoms with Crippen molar-refractivity contribution < 1.29 is 9.90 Å². The van der Waals surface area contributed by atoms with Gasteiger partial charge in [0.2, 0.25) is 0 Å². The number of aliphatic hydroxyl groups is 1. The van der Waals surface area contributed by atoms with Crippen LogP contribution >= 0.6 is 0 Å². The first-order valence-corrected chi connectivity index (χ1v) is 5.63. The average Bonchev–Trinajstić information content (AvgIpc) is 3.02. The quantitative estimate of drug-likeness (QED) is 0.695. The van der Waals surface area contributed by atoms with Gasteiger partial charge in [-0.05, 0) is 18.2 Å². The summed E-state index contributed by atoms with van der Waals surface area (Å²) < 4.78 is 3.19. The van der Waals surface area contributed by atoms with Crippen molar-refractivity contribution in [3.63, 3.8) is 0 Å². The number of carbonyl (C=O) groups is 1. The summed E-state index contributed by atoms with van der Waals surface area (Å²) in [6.45, 7) is -0.188. The first-order chi connectivity index (χ1) is 9.20. The lowest BCUT2D eigenvalue weighted by Gasteiger charge is -2.00. The van der Waals surface area contributed by atoms with E-state index in [0.717, 1.165) is 0 Å². The normalized spacial score (nSPS) is 11.0. The average molecular weight is 257 g/mol. The van der Waals surface area contributed by atoms with Gasteiger partial charge in [0, 0.05) is 12.4 Å². The number of primary amides is 1. The van der Waals surface area contributed by atoms with E-state index in [9.17, 15) is 9.90 Å². The maximum absolute atomic E-state index is 11.0. The number of carbonyl (C=O) groups excluding carboxylic acids is 1. The van der Waals surface area contributed by atoms with Gasteiger partial charge >= 0.3 is 0 Å². The Balaban J connectivity index is 2.20. The highest BCUT2D eigenvalue weighted by Crippen LogP contribution is 2.16. The number of rotatable bonds is 3. The minimum Gasteiger partial charge on any atom is -0.390 e. The Morgan fingerprint density at radius 1 is 1.32 bits per heavy atom. The molecule has 0 saturated heterocycles. The Morgan fingerprint density at radius 3 is 2.84 bits per heavy atom. The fourth-order valence-corrected chi connectivity index (χ4v) is 1.94. The van der Waals surface area contributed by atoms with Gasteiger partial charge in [0.1, 0.15) is 11.3 Å². The third-order valence-corrected chi connectivity index (χ3v) is 2.82. The molecule has 3 N–H and O–H groups in total. The zero-order valence-electron chi connectivity index (χ0n) is 9.89. The topological polar surface area (TPSA) is 98.4 Å². The van der Waals surface area contributed by atoms with E-state index in [-0.39, 0.29) is 12.3 Å². The number of fused-ring (bicyclic) bond motifs is 1.